The molecule has 1 rings (SSSR count). The number of aryl methyl sites for hydroxylation is 1. The summed E-state index contributed by atoms with van der Waals surface area (Å²) in [7, 11) is 0. The van der Waals surface area contributed by atoms with E-state index < -0.39 is 0 Å². The first-order valence-corrected chi connectivity index (χ1v) is 6.91. The highest BCUT2D eigenvalue weighted by Crippen LogP contribution is 2.24. The molecular weight excluding hydrogens is 248 g/mol. The molecule has 0 aliphatic rings. The molecule has 0 aliphatic heterocycles. The van der Waals surface area contributed by atoms with Crippen LogP contribution in [0.5, 0.6) is 0 Å². The molecule has 0 unspecified atom stereocenters. The molecule has 100 valence electrons. The van der Waals surface area contributed by atoms with Crippen molar-refractivity contribution in [2.75, 3.05) is 17.6 Å². The van der Waals surface area contributed by atoms with Crippen LogP contribution in [0.15, 0.2) is 18.2 Å². The minimum Gasteiger partial charge on any atom is -0.384 e. The van der Waals surface area contributed by atoms with Crippen molar-refractivity contribution < 1.29 is 4.92 Å². The Morgan fingerprint density at radius 1 is 1.39 bits per heavy atom. The van der Waals surface area contributed by atoms with Gasteiger partial charge in [0, 0.05) is 34.4 Å². The zero-order valence-corrected chi connectivity index (χ0v) is 12.1. The third-order valence-electron chi connectivity index (χ3n) is 2.36. The topological polar surface area (TPSA) is 55.2 Å². The lowest BCUT2D eigenvalue weighted by Crippen LogP contribution is -2.13. The third kappa shape index (κ3) is 4.96. The van der Waals surface area contributed by atoms with E-state index in [1.165, 1.54) is 0 Å². The fourth-order valence-electron chi connectivity index (χ4n) is 1.52. The van der Waals surface area contributed by atoms with Gasteiger partial charge in [-0.2, -0.15) is 11.8 Å². The van der Waals surface area contributed by atoms with Crippen LogP contribution in [-0.4, -0.2) is 22.0 Å². The molecule has 0 spiro atoms. The van der Waals surface area contributed by atoms with Gasteiger partial charge in [0.05, 0.1) is 4.92 Å². The molecule has 0 saturated carbocycles. The number of anilines is 1. The van der Waals surface area contributed by atoms with E-state index in [9.17, 15) is 10.1 Å². The van der Waals surface area contributed by atoms with Crippen LogP contribution in [0.4, 0.5) is 11.4 Å². The van der Waals surface area contributed by atoms with Crippen molar-refractivity contribution >= 4 is 23.1 Å². The molecule has 1 aromatic rings. The molecule has 0 aliphatic carbocycles. The van der Waals surface area contributed by atoms with Gasteiger partial charge in [-0.25, -0.2) is 0 Å². The highest BCUT2D eigenvalue weighted by Gasteiger charge is 2.11. The highest BCUT2D eigenvalue weighted by atomic mass is 32.2. The van der Waals surface area contributed by atoms with E-state index in [0.29, 0.717) is 5.56 Å². The minimum atomic E-state index is -0.353. The summed E-state index contributed by atoms with van der Waals surface area (Å²) in [5.41, 5.74) is 1.80. The summed E-state index contributed by atoms with van der Waals surface area (Å²) in [6, 6.07) is 5.13. The van der Waals surface area contributed by atoms with E-state index in [2.05, 4.69) is 26.1 Å². The van der Waals surface area contributed by atoms with Crippen molar-refractivity contribution in [2.45, 2.75) is 32.4 Å². The molecule has 5 heteroatoms. The summed E-state index contributed by atoms with van der Waals surface area (Å²) in [6.07, 6.45) is 0. The lowest BCUT2D eigenvalue weighted by molar-refractivity contribution is -0.385. The molecule has 0 radical (unpaired) electrons. The maximum atomic E-state index is 10.7. The number of hydrogen-bond donors (Lipinski definition) is 1. The first kappa shape index (κ1) is 14.8. The van der Waals surface area contributed by atoms with Gasteiger partial charge in [0.2, 0.25) is 0 Å². The lowest BCUT2D eigenvalue weighted by atomic mass is 10.2. The Hall–Kier alpha value is -1.23. The monoisotopic (exact) mass is 268 g/mol. The predicted molar refractivity (Wildman–Crippen MR) is 78.5 cm³/mol. The first-order chi connectivity index (χ1) is 8.29. The van der Waals surface area contributed by atoms with Crippen LogP contribution in [0.25, 0.3) is 0 Å². The molecule has 18 heavy (non-hydrogen) atoms. The van der Waals surface area contributed by atoms with Gasteiger partial charge in [-0.15, -0.1) is 0 Å². The van der Waals surface area contributed by atoms with Gasteiger partial charge >= 0.3 is 0 Å². The number of benzene rings is 1. The number of nitro benzene ring substituents is 1. The number of nitrogens with one attached hydrogen (secondary N) is 1. The van der Waals surface area contributed by atoms with E-state index in [-0.39, 0.29) is 15.4 Å². The van der Waals surface area contributed by atoms with Gasteiger partial charge in [0.1, 0.15) is 0 Å². The molecule has 0 aromatic heterocycles. The Balaban J connectivity index is 2.49. The van der Waals surface area contributed by atoms with Gasteiger partial charge in [0.15, 0.2) is 0 Å². The maximum Gasteiger partial charge on any atom is 0.272 e. The number of thioether (sulfide) groups is 1. The average molecular weight is 268 g/mol. The standard InChI is InChI=1S/C13H20N2O2S/c1-10-9-11(5-6-12(10)15(16)17)14-7-8-18-13(2,3)4/h5-6,9,14H,7-8H2,1-4H3. The zero-order chi connectivity index (χ0) is 13.8. The van der Waals surface area contributed by atoms with E-state index in [1.807, 2.05) is 17.8 Å². The second kappa shape index (κ2) is 6.09. The molecule has 1 N–H and O–H groups in total. The van der Waals surface area contributed by atoms with Crippen molar-refractivity contribution in [3.05, 3.63) is 33.9 Å². The van der Waals surface area contributed by atoms with Gasteiger partial charge < -0.3 is 5.32 Å². The zero-order valence-electron chi connectivity index (χ0n) is 11.3. The molecule has 4 nitrogen and oxygen atoms in total. The fourth-order valence-corrected chi connectivity index (χ4v) is 2.34. The second-order valence-electron chi connectivity index (χ2n) is 5.15. The van der Waals surface area contributed by atoms with Crippen LogP contribution in [0.3, 0.4) is 0 Å². The largest absolute Gasteiger partial charge is 0.384 e. The Morgan fingerprint density at radius 2 is 2.06 bits per heavy atom. The predicted octanol–water partition coefficient (Wildman–Crippen LogP) is 3.85. The molecule has 0 atom stereocenters. The van der Waals surface area contributed by atoms with Crippen LogP contribution >= 0.6 is 11.8 Å². The Morgan fingerprint density at radius 3 is 2.56 bits per heavy atom. The van der Waals surface area contributed by atoms with Crippen molar-refractivity contribution in [3.8, 4) is 0 Å². The van der Waals surface area contributed by atoms with Crippen LogP contribution in [0.2, 0.25) is 0 Å². The molecular formula is C13H20N2O2S. The Labute approximate surface area is 112 Å². The summed E-state index contributed by atoms with van der Waals surface area (Å²) in [5, 5.41) is 14.0. The van der Waals surface area contributed by atoms with Crippen LogP contribution in [-0.2, 0) is 0 Å². The molecule has 0 saturated heterocycles. The number of rotatable bonds is 5. The average Bonchev–Trinajstić information content (AvgIpc) is 2.22. The number of nitrogens with zero attached hydrogens (tertiary/aromatic N) is 1. The first-order valence-electron chi connectivity index (χ1n) is 5.92. The van der Waals surface area contributed by atoms with E-state index in [4.69, 9.17) is 0 Å². The normalized spacial score (nSPS) is 11.3. The van der Waals surface area contributed by atoms with Gasteiger partial charge in [-0.3, -0.25) is 10.1 Å². The molecule has 0 heterocycles. The fraction of sp³-hybridized carbons (Fsp3) is 0.538. The lowest BCUT2D eigenvalue weighted by Gasteiger charge is -2.17. The number of nitro groups is 1. The molecule has 0 amide bonds. The number of hydrogen-bond acceptors (Lipinski definition) is 4. The van der Waals surface area contributed by atoms with E-state index in [0.717, 1.165) is 18.0 Å². The van der Waals surface area contributed by atoms with Crippen LogP contribution in [0, 0.1) is 17.0 Å². The summed E-state index contributed by atoms with van der Waals surface area (Å²) in [5.74, 6) is 1.01. The van der Waals surface area contributed by atoms with Crippen molar-refractivity contribution in [2.24, 2.45) is 0 Å². The van der Waals surface area contributed by atoms with Gasteiger partial charge in [-0.05, 0) is 19.1 Å². The van der Waals surface area contributed by atoms with Gasteiger partial charge in [0.25, 0.3) is 5.69 Å². The van der Waals surface area contributed by atoms with E-state index in [1.54, 1.807) is 19.1 Å². The maximum absolute atomic E-state index is 10.7. The Bertz CT molecular complexity index is 427. The van der Waals surface area contributed by atoms with Crippen molar-refractivity contribution in [3.63, 3.8) is 0 Å². The molecule has 0 bridgehead atoms. The highest BCUT2D eigenvalue weighted by molar-refractivity contribution is 8.00. The van der Waals surface area contributed by atoms with E-state index >= 15 is 0 Å². The SMILES string of the molecule is Cc1cc(NCCSC(C)(C)C)ccc1[N+](=O)[O-]. The summed E-state index contributed by atoms with van der Waals surface area (Å²) in [4.78, 5) is 10.3. The van der Waals surface area contributed by atoms with Crippen molar-refractivity contribution in [1.29, 1.82) is 0 Å². The van der Waals surface area contributed by atoms with Gasteiger partial charge in [-0.1, -0.05) is 20.8 Å². The molecule has 1 aromatic carbocycles. The molecule has 0 fully saturated rings. The van der Waals surface area contributed by atoms with Crippen LogP contribution < -0.4 is 5.32 Å². The third-order valence-corrected chi connectivity index (χ3v) is 3.63. The summed E-state index contributed by atoms with van der Waals surface area (Å²) in [6.45, 7) is 9.18. The summed E-state index contributed by atoms with van der Waals surface area (Å²) < 4.78 is 0.271. The van der Waals surface area contributed by atoms with Crippen LogP contribution in [0.1, 0.15) is 26.3 Å². The summed E-state index contributed by atoms with van der Waals surface area (Å²) >= 11 is 1.89. The minimum absolute atomic E-state index is 0.171. The quantitative estimate of drug-likeness (QED) is 0.500. The second-order valence-corrected chi connectivity index (χ2v) is 7.07. The van der Waals surface area contributed by atoms with Crippen molar-refractivity contribution in [1.82, 2.24) is 0 Å². The Kier molecular flexibility index (Phi) is 5.02. The smallest absolute Gasteiger partial charge is 0.272 e.